The van der Waals surface area contributed by atoms with Crippen LogP contribution in [0.3, 0.4) is 0 Å². The van der Waals surface area contributed by atoms with E-state index in [1.54, 1.807) is 30.3 Å². The number of benzene rings is 2. The zero-order valence-corrected chi connectivity index (χ0v) is 11.0. The molecule has 21 heavy (non-hydrogen) atoms. The zero-order chi connectivity index (χ0) is 15.7. The Bertz CT molecular complexity index is 781. The highest BCUT2D eigenvalue weighted by Gasteiger charge is 2.48. The normalized spacial score (nSPS) is 12.3. The van der Waals surface area contributed by atoms with E-state index in [1.807, 2.05) is 0 Å². The number of nitrogens with one attached hydrogen (secondary N) is 1. The number of alkyl halides is 3. The van der Waals surface area contributed by atoms with Crippen molar-refractivity contribution in [2.24, 2.45) is 0 Å². The maximum Gasteiger partial charge on any atom is 0.525 e. The van der Waals surface area contributed by atoms with E-state index in [0.29, 0.717) is 10.8 Å². The third-order valence-corrected chi connectivity index (χ3v) is 3.43. The molecule has 0 aliphatic carbocycles. The van der Waals surface area contributed by atoms with Gasteiger partial charge >= 0.3 is 15.6 Å². The van der Waals surface area contributed by atoms with E-state index >= 15 is 0 Å². The molecule has 112 valence electrons. The highest BCUT2D eigenvalue weighted by Crippen LogP contribution is 2.24. The molecule has 0 atom stereocenters. The number of carbonyl (C=O) groups is 1. The van der Waals surface area contributed by atoms with Crippen LogP contribution in [0.25, 0.3) is 10.8 Å². The Morgan fingerprint density at radius 2 is 1.67 bits per heavy atom. The lowest BCUT2D eigenvalue weighted by Crippen LogP contribution is -2.34. The van der Waals surface area contributed by atoms with Crippen LogP contribution >= 0.6 is 0 Å². The van der Waals surface area contributed by atoms with Crippen LogP contribution in [-0.2, 0) is 14.4 Å². The number of halogens is 3. The Kier molecular flexibility index (Phi) is 3.88. The van der Waals surface area contributed by atoms with E-state index in [0.717, 1.165) is 0 Å². The number of amides is 1. The number of hydrogen-bond acceptors (Lipinski definition) is 4. The average molecular weight is 319 g/mol. The van der Waals surface area contributed by atoms with Crippen molar-refractivity contribution < 1.29 is 30.7 Å². The number of rotatable bonds is 3. The predicted octanol–water partition coefficient (Wildman–Crippen LogP) is 2.35. The van der Waals surface area contributed by atoms with Gasteiger partial charge in [-0.3, -0.25) is 4.79 Å². The molecule has 1 N–H and O–H groups in total. The number of carbonyl (C=O) groups excluding carboxylic acids is 1. The van der Waals surface area contributed by atoms with E-state index in [4.69, 9.17) is 0 Å². The summed E-state index contributed by atoms with van der Waals surface area (Å²) in [6.07, 6.45) is 0. The summed E-state index contributed by atoms with van der Waals surface area (Å²) < 4.78 is 61.1. The maximum absolute atomic E-state index is 12.1. The van der Waals surface area contributed by atoms with Crippen molar-refractivity contribution in [1.29, 1.82) is 0 Å². The molecule has 0 saturated carbocycles. The minimum atomic E-state index is -5.89. The van der Waals surface area contributed by atoms with Gasteiger partial charge in [-0.1, -0.05) is 36.4 Å². The second kappa shape index (κ2) is 5.34. The van der Waals surface area contributed by atoms with Gasteiger partial charge in [0.25, 0.3) is 5.91 Å². The Morgan fingerprint density at radius 3 is 2.33 bits per heavy atom. The molecule has 2 aromatic carbocycles. The van der Waals surface area contributed by atoms with Crippen LogP contribution in [0.5, 0.6) is 0 Å². The van der Waals surface area contributed by atoms with Crippen molar-refractivity contribution in [2.75, 3.05) is 0 Å². The van der Waals surface area contributed by atoms with Crippen LogP contribution < -0.4 is 5.48 Å². The van der Waals surface area contributed by atoms with Crippen LogP contribution in [0.15, 0.2) is 42.5 Å². The van der Waals surface area contributed by atoms with Crippen LogP contribution in [0.2, 0.25) is 0 Å². The van der Waals surface area contributed by atoms with E-state index in [9.17, 15) is 26.4 Å². The van der Waals surface area contributed by atoms with Gasteiger partial charge in [-0.2, -0.15) is 21.6 Å². The molecule has 0 saturated heterocycles. The Balaban J connectivity index is 2.25. The van der Waals surface area contributed by atoms with E-state index in [2.05, 4.69) is 4.28 Å². The fraction of sp³-hybridized carbons (Fsp3) is 0.0833. The maximum atomic E-state index is 12.1. The first kappa shape index (κ1) is 15.3. The van der Waals surface area contributed by atoms with Gasteiger partial charge in [0.05, 0.1) is 0 Å². The molecule has 5 nitrogen and oxygen atoms in total. The lowest BCUT2D eigenvalue weighted by atomic mass is 10.0. The van der Waals surface area contributed by atoms with Gasteiger partial charge < -0.3 is 0 Å². The third kappa shape index (κ3) is 3.14. The van der Waals surface area contributed by atoms with Crippen LogP contribution in [0, 0.1) is 0 Å². The summed E-state index contributed by atoms with van der Waals surface area (Å²) in [7, 11) is -5.89. The van der Waals surface area contributed by atoms with Gasteiger partial charge in [0.2, 0.25) is 0 Å². The molecule has 0 unspecified atom stereocenters. The van der Waals surface area contributed by atoms with E-state index in [1.165, 1.54) is 17.6 Å². The molecule has 1 amide bonds. The molecule has 0 aliphatic rings. The summed E-state index contributed by atoms with van der Waals surface area (Å²) >= 11 is 0. The zero-order valence-electron chi connectivity index (χ0n) is 10.2. The van der Waals surface area contributed by atoms with Crippen LogP contribution in [-0.4, -0.2) is 19.8 Å². The summed E-state index contributed by atoms with van der Waals surface area (Å²) in [5.74, 6) is -1.10. The Labute approximate surface area is 117 Å². The van der Waals surface area contributed by atoms with Crippen LogP contribution in [0.4, 0.5) is 13.2 Å². The van der Waals surface area contributed by atoms with E-state index < -0.39 is 21.5 Å². The molecule has 0 aliphatic heterocycles. The van der Waals surface area contributed by atoms with Gasteiger partial charge in [0, 0.05) is 5.56 Å². The first-order valence-corrected chi connectivity index (χ1v) is 6.91. The standard InChI is InChI=1S/C12H8F3NO4S/c13-12(14,15)21(18,19)20-16-11(17)10-7-3-5-8-4-1-2-6-9(8)10/h1-7H,(H,16,17). The Hall–Kier alpha value is -2.13. The molecule has 2 aromatic rings. The Morgan fingerprint density at radius 1 is 1.05 bits per heavy atom. The highest BCUT2D eigenvalue weighted by atomic mass is 32.2. The van der Waals surface area contributed by atoms with Crippen molar-refractivity contribution in [3.05, 3.63) is 48.0 Å². The lowest BCUT2D eigenvalue weighted by Gasteiger charge is -2.09. The number of hydroxylamine groups is 1. The minimum absolute atomic E-state index is 0.00882. The summed E-state index contributed by atoms with van der Waals surface area (Å²) in [6.45, 7) is 0. The molecule has 2 rings (SSSR count). The highest BCUT2D eigenvalue weighted by molar-refractivity contribution is 7.87. The number of hydrogen-bond donors (Lipinski definition) is 1. The lowest BCUT2D eigenvalue weighted by molar-refractivity contribution is -0.0571. The third-order valence-electron chi connectivity index (χ3n) is 2.56. The van der Waals surface area contributed by atoms with Gasteiger partial charge in [-0.25, -0.2) is 5.48 Å². The molecule has 0 fully saturated rings. The summed E-state index contributed by atoms with van der Waals surface area (Å²) in [4.78, 5) is 11.8. The van der Waals surface area contributed by atoms with Crippen molar-refractivity contribution in [3.8, 4) is 0 Å². The molecule has 0 spiro atoms. The predicted molar refractivity (Wildman–Crippen MR) is 67.5 cm³/mol. The molecular weight excluding hydrogens is 311 g/mol. The van der Waals surface area contributed by atoms with Gasteiger partial charge in [0.1, 0.15) is 0 Å². The minimum Gasteiger partial charge on any atom is -0.267 e. The fourth-order valence-electron chi connectivity index (χ4n) is 1.62. The van der Waals surface area contributed by atoms with E-state index in [-0.39, 0.29) is 5.56 Å². The topological polar surface area (TPSA) is 72.5 Å². The molecule has 9 heteroatoms. The quantitative estimate of drug-likeness (QED) is 0.696. The smallest absolute Gasteiger partial charge is 0.267 e. The summed E-state index contributed by atoms with van der Waals surface area (Å²) in [6, 6.07) is 11.2. The fourth-order valence-corrected chi connectivity index (χ4v) is 1.90. The van der Waals surface area contributed by atoms with Gasteiger partial charge in [0.15, 0.2) is 0 Å². The van der Waals surface area contributed by atoms with Crippen LogP contribution in [0.1, 0.15) is 10.4 Å². The molecule has 0 bridgehead atoms. The first-order chi connectivity index (χ1) is 9.72. The van der Waals surface area contributed by atoms with Crippen molar-refractivity contribution in [3.63, 3.8) is 0 Å². The molecular formula is C12H8F3NO4S. The molecule has 0 heterocycles. The summed E-state index contributed by atoms with van der Waals surface area (Å²) in [5, 5.41) is 1.12. The molecule has 0 radical (unpaired) electrons. The monoisotopic (exact) mass is 319 g/mol. The largest absolute Gasteiger partial charge is 0.525 e. The van der Waals surface area contributed by atoms with Crippen molar-refractivity contribution >= 4 is 26.8 Å². The first-order valence-electron chi connectivity index (χ1n) is 5.50. The second-order valence-electron chi connectivity index (χ2n) is 3.94. The van der Waals surface area contributed by atoms with Gasteiger partial charge in [-0.05, 0) is 16.8 Å². The molecule has 0 aromatic heterocycles. The SMILES string of the molecule is O=C(NOS(=O)(=O)C(F)(F)F)c1cccc2ccccc12. The number of fused-ring (bicyclic) bond motifs is 1. The van der Waals surface area contributed by atoms with Crippen molar-refractivity contribution in [1.82, 2.24) is 5.48 Å². The summed E-state index contributed by atoms with van der Waals surface area (Å²) in [5.41, 5.74) is -4.33. The average Bonchev–Trinajstić information content (AvgIpc) is 2.43. The van der Waals surface area contributed by atoms with Crippen molar-refractivity contribution in [2.45, 2.75) is 5.51 Å². The second-order valence-corrected chi connectivity index (χ2v) is 5.48. The van der Waals surface area contributed by atoms with Gasteiger partial charge in [-0.15, -0.1) is 4.28 Å².